The molecule has 4 aromatic carbocycles. The van der Waals surface area contributed by atoms with E-state index in [2.05, 4.69) is 31.2 Å². The van der Waals surface area contributed by atoms with Gasteiger partial charge in [0.2, 0.25) is 29.5 Å². The molecule has 3 aliphatic rings. The Bertz CT molecular complexity index is 3620. The number of likely N-dealkylation sites (tertiary alicyclic amines) is 1. The SMILES string of the molecule is Cc1ncsc1-c1ccc([C@H](C)NC(=O)[C@@H]2C[C@@H](O)CN2C(=O)[C@@H](NC(=O)CCCc2cccc(OC[C@H](CCC(N)O)NC(=O)[C@@H]3Cc4cccc5c4N3C(=O)[C@@H](NC(=O)c3cc4cc(C(=O)P(=O)(O)O)ccc4[nH]3)CC5)c2F)C(C)(C)C)cc1. The van der Waals surface area contributed by atoms with Gasteiger partial charge in [0.05, 0.1) is 40.0 Å². The number of amides is 6. The number of carbonyl (C=O) groups is 7. The summed E-state index contributed by atoms with van der Waals surface area (Å²) >= 11 is 1.54. The van der Waals surface area contributed by atoms with Gasteiger partial charge in [0.25, 0.3) is 11.4 Å². The molecule has 25 heteroatoms. The van der Waals surface area contributed by atoms with Crippen molar-refractivity contribution in [1.29, 1.82) is 0 Å². The van der Waals surface area contributed by atoms with Gasteiger partial charge < -0.3 is 61.6 Å². The average molecular weight is 1220 g/mol. The highest BCUT2D eigenvalue weighted by molar-refractivity contribution is 7.70. The van der Waals surface area contributed by atoms with E-state index < -0.39 is 108 Å². The predicted octanol–water partition coefficient (Wildman–Crippen LogP) is 5.37. The number of aliphatic hydroxyl groups is 2. The lowest BCUT2D eigenvalue weighted by molar-refractivity contribution is -0.144. The number of H-pyrrole nitrogens is 1. The summed E-state index contributed by atoms with van der Waals surface area (Å²) in [7, 11) is -5.07. The summed E-state index contributed by atoms with van der Waals surface area (Å²) in [6.45, 7) is 8.75. The third-order valence-corrected chi connectivity index (χ3v) is 17.7. The molecule has 5 heterocycles. The van der Waals surface area contributed by atoms with Gasteiger partial charge in [0.15, 0.2) is 11.6 Å². The summed E-state index contributed by atoms with van der Waals surface area (Å²) in [5.74, 6) is -4.11. The van der Waals surface area contributed by atoms with E-state index in [0.29, 0.717) is 23.0 Å². The maximum atomic E-state index is 16.3. The van der Waals surface area contributed by atoms with Crippen molar-refractivity contribution in [2.45, 2.75) is 141 Å². The number of hydrogen-bond donors (Lipinski definition) is 10. The Morgan fingerprint density at radius 1 is 0.942 bits per heavy atom. The van der Waals surface area contributed by atoms with Crippen molar-refractivity contribution in [3.05, 3.63) is 135 Å². The molecule has 0 radical (unpaired) electrons. The van der Waals surface area contributed by atoms with E-state index in [1.54, 1.807) is 49.8 Å². The molecule has 1 fully saturated rings. The number of nitrogens with one attached hydrogen (secondary N) is 5. The number of para-hydroxylation sites is 1. The minimum absolute atomic E-state index is 0.00728. The van der Waals surface area contributed by atoms with Gasteiger partial charge in [0, 0.05) is 42.3 Å². The third-order valence-electron chi connectivity index (χ3n) is 15.9. The zero-order valence-corrected chi connectivity index (χ0v) is 49.9. The Morgan fingerprint density at radius 2 is 1.66 bits per heavy atom. The van der Waals surface area contributed by atoms with Crippen molar-refractivity contribution in [2.24, 2.45) is 11.1 Å². The molecule has 11 N–H and O–H groups in total. The number of halogens is 1. The molecule has 22 nitrogen and oxygen atoms in total. The van der Waals surface area contributed by atoms with Crippen LogP contribution in [0, 0.1) is 18.2 Å². The number of anilines is 1. The van der Waals surface area contributed by atoms with Gasteiger partial charge in [-0.3, -0.25) is 43.0 Å². The van der Waals surface area contributed by atoms with Crippen LogP contribution in [-0.4, -0.2) is 132 Å². The van der Waals surface area contributed by atoms with E-state index >= 15 is 4.39 Å². The van der Waals surface area contributed by atoms with Crippen LogP contribution in [0.1, 0.15) is 121 Å². The Hall–Kier alpha value is -7.70. The summed E-state index contributed by atoms with van der Waals surface area (Å²) < 4.78 is 33.9. The van der Waals surface area contributed by atoms with E-state index in [0.717, 1.165) is 32.8 Å². The van der Waals surface area contributed by atoms with Crippen LogP contribution >= 0.6 is 18.9 Å². The van der Waals surface area contributed by atoms with E-state index in [-0.39, 0.29) is 87.1 Å². The molecule has 86 heavy (non-hydrogen) atoms. The van der Waals surface area contributed by atoms with Crippen molar-refractivity contribution in [3.8, 4) is 16.2 Å². The number of rotatable bonds is 22. The summed E-state index contributed by atoms with van der Waals surface area (Å²) in [4.78, 5) is 127. The first kappa shape index (κ1) is 62.8. The van der Waals surface area contributed by atoms with Crippen molar-refractivity contribution in [2.75, 3.05) is 18.1 Å². The largest absolute Gasteiger partial charge is 0.488 e. The van der Waals surface area contributed by atoms with Gasteiger partial charge in [-0.25, -0.2) is 9.37 Å². The molecule has 6 aromatic rings. The summed E-state index contributed by atoms with van der Waals surface area (Å²) in [5.41, 5.74) is 10.5. The van der Waals surface area contributed by atoms with Crippen LogP contribution in [0.4, 0.5) is 10.1 Å². The van der Waals surface area contributed by atoms with Crippen molar-refractivity contribution in [1.82, 2.24) is 36.1 Å². The molecular weight excluding hydrogens is 1150 g/mol. The molecule has 2 aromatic heterocycles. The molecule has 0 spiro atoms. The Labute approximate surface area is 499 Å². The number of thiazole rings is 1. The highest BCUT2D eigenvalue weighted by Crippen LogP contribution is 2.41. The van der Waals surface area contributed by atoms with Crippen LogP contribution in [0.25, 0.3) is 21.3 Å². The Morgan fingerprint density at radius 3 is 2.36 bits per heavy atom. The number of aliphatic hydroxyl groups excluding tert-OH is 2. The molecule has 8 atom stereocenters. The van der Waals surface area contributed by atoms with Gasteiger partial charge in [-0.05, 0) is 116 Å². The van der Waals surface area contributed by atoms with Crippen LogP contribution in [-0.2, 0) is 47.8 Å². The lowest BCUT2D eigenvalue weighted by atomic mass is 9.85. The van der Waals surface area contributed by atoms with Gasteiger partial charge in [0.1, 0.15) is 42.7 Å². The lowest BCUT2D eigenvalue weighted by Crippen LogP contribution is -2.57. The zero-order chi connectivity index (χ0) is 61.9. The smallest absolute Gasteiger partial charge is 0.396 e. The number of aryl methyl sites for hydroxylation is 3. The maximum absolute atomic E-state index is 16.3. The molecule has 0 bridgehead atoms. The molecule has 0 saturated carbocycles. The van der Waals surface area contributed by atoms with Crippen LogP contribution in [0.2, 0.25) is 0 Å². The quantitative estimate of drug-likeness (QED) is 0.0302. The number of β-amino-alcohol motifs (C(OH)–C–C–N with tert-alkyl or cyclic N) is 1. The Kier molecular flexibility index (Phi) is 19.1. The number of benzene rings is 4. The van der Waals surface area contributed by atoms with Crippen LogP contribution in [0.15, 0.2) is 90.4 Å². The number of nitrogens with two attached hydrogens (primary N) is 1. The number of hydrogen-bond acceptors (Lipinski definition) is 14. The summed E-state index contributed by atoms with van der Waals surface area (Å²) in [6.07, 6.45) is -1.26. The molecule has 1 unspecified atom stereocenters. The first-order valence-corrected chi connectivity index (χ1v) is 31.0. The minimum Gasteiger partial charge on any atom is -0.488 e. The van der Waals surface area contributed by atoms with Crippen LogP contribution < -0.4 is 36.6 Å². The number of nitrogens with zero attached hydrogens (tertiary/aromatic N) is 3. The average Bonchev–Trinajstić information content (AvgIpc) is 1.69. The fraction of sp³-hybridized carbons (Fsp3) is 0.410. The van der Waals surface area contributed by atoms with Crippen molar-refractivity contribution >= 4 is 76.5 Å². The highest BCUT2D eigenvalue weighted by Gasteiger charge is 2.46. The van der Waals surface area contributed by atoms with Crippen LogP contribution in [0.5, 0.6) is 5.75 Å². The van der Waals surface area contributed by atoms with E-state index in [1.165, 1.54) is 40.1 Å². The molecule has 456 valence electrons. The summed E-state index contributed by atoms with van der Waals surface area (Å²) in [5, 5.41) is 32.7. The third kappa shape index (κ3) is 14.2. The van der Waals surface area contributed by atoms with E-state index in [4.69, 9.17) is 10.5 Å². The number of fused-ring (bicyclic) bond motifs is 1. The van der Waals surface area contributed by atoms with Crippen molar-refractivity contribution < 1.29 is 67.3 Å². The van der Waals surface area contributed by atoms with E-state index in [1.807, 2.05) is 56.3 Å². The van der Waals surface area contributed by atoms with Gasteiger partial charge in [-0.15, -0.1) is 11.3 Å². The number of aromatic nitrogens is 2. The molecule has 0 aliphatic carbocycles. The van der Waals surface area contributed by atoms with Crippen LogP contribution in [0.3, 0.4) is 0 Å². The topological polar surface area (TPSA) is 336 Å². The molecule has 1 saturated heterocycles. The second kappa shape index (κ2) is 26.1. The molecule has 3 aliphatic heterocycles. The number of aromatic amines is 1. The Balaban J connectivity index is 0.802. The molecule has 6 amide bonds. The maximum Gasteiger partial charge on any atom is 0.396 e. The standard InChI is InChI=1S/C61H71FN9O13PS/c1-32(34-15-17-37(18-16-34)53-33(2)64-31-86-53)65-56(76)46-28-42(72)29-70(46)59(79)54(61(3,4)5)69-50(74)14-8-10-35-9-7-13-48(51(35)62)84-30-41(21-24-49(63)73)66-57(77)47-27-38-12-6-11-36-19-23-44(58(78)71(47)52(36)38)68-55(75)45-26-40-25-39(20-22-43(40)67-45)60(80)85(81,82)83/h6-7,9,11-13,15-18,20,22,25-26,31-32,41-42,44,46-47,49,54,67,72-73H,8,10,14,19,21,23-24,27-30,63H2,1-5H3,(H,65,76)(H,66,77)(H,68,75)(H,69,74)(H2,81,82,83)/t32-,41-,42+,44-,46-,47-,49?,54+/m0/s1. The highest BCUT2D eigenvalue weighted by atomic mass is 32.1. The fourth-order valence-electron chi connectivity index (χ4n) is 11.4. The second-order valence-corrected chi connectivity index (χ2v) is 25.7. The first-order chi connectivity index (χ1) is 40.7. The second-order valence-electron chi connectivity index (χ2n) is 23.4. The minimum atomic E-state index is -5.07. The molecule has 9 rings (SSSR count). The zero-order valence-electron chi connectivity index (χ0n) is 48.2. The van der Waals surface area contributed by atoms with Gasteiger partial charge in [-0.1, -0.05) is 75.4 Å². The van der Waals surface area contributed by atoms with Crippen molar-refractivity contribution in [3.63, 3.8) is 0 Å². The summed E-state index contributed by atoms with van der Waals surface area (Å²) in [6, 6.07) is 17.5. The molecular formula is C61H71FN9O13PS. The van der Waals surface area contributed by atoms with E-state index in [9.17, 15) is 58.1 Å². The van der Waals surface area contributed by atoms with Gasteiger partial charge >= 0.3 is 7.60 Å². The number of ether oxygens (including phenoxy) is 1. The van der Waals surface area contributed by atoms with Gasteiger partial charge in [-0.2, -0.15) is 0 Å². The fourth-order valence-corrected chi connectivity index (χ4v) is 12.7. The predicted molar refractivity (Wildman–Crippen MR) is 318 cm³/mol. The first-order valence-electron chi connectivity index (χ1n) is 28.5. The number of carbonyl (C=O) groups excluding carboxylic acids is 7. The monoisotopic (exact) mass is 1220 g/mol. The normalized spacial score (nSPS) is 19.0. The lowest BCUT2D eigenvalue weighted by Gasteiger charge is -2.35.